The van der Waals surface area contributed by atoms with E-state index in [-0.39, 0.29) is 5.78 Å². The summed E-state index contributed by atoms with van der Waals surface area (Å²) in [5.41, 5.74) is 0.963. The monoisotopic (exact) mass is 493 g/mol. The summed E-state index contributed by atoms with van der Waals surface area (Å²) < 4.78 is 0. The van der Waals surface area contributed by atoms with Crippen LogP contribution in [0.4, 0.5) is 9.80 Å². The number of nitrogens with one attached hydrogen (secondary N) is 2. The number of hydrogen-bond acceptors (Lipinski definition) is 6. The number of nitrogens with zero attached hydrogens (tertiary/aromatic N) is 1. The third-order valence-electron chi connectivity index (χ3n) is 6.32. The largest absolute Gasteiger partial charge is 0.325 e. The molecule has 5 rings (SSSR count). The number of fused-ring (bicyclic) bond motifs is 1. The molecule has 1 aromatic carbocycles. The quantitative estimate of drug-likeness (QED) is 0.395. The molecule has 1 unspecified atom stereocenters. The van der Waals surface area contributed by atoms with Crippen molar-refractivity contribution in [2.24, 2.45) is 0 Å². The Kier molecular flexibility index (Phi) is 5.83. The van der Waals surface area contributed by atoms with E-state index in [2.05, 4.69) is 10.6 Å². The van der Waals surface area contributed by atoms with E-state index in [1.54, 1.807) is 37.3 Å². The fraction of sp³-hybridized carbons (Fsp3) is 0.280. The van der Waals surface area contributed by atoms with Crippen LogP contribution < -0.4 is 10.6 Å². The van der Waals surface area contributed by atoms with Gasteiger partial charge in [0.2, 0.25) is 11.7 Å². The summed E-state index contributed by atoms with van der Waals surface area (Å²) in [5.74, 6) is -1.10. The summed E-state index contributed by atoms with van der Waals surface area (Å²) >= 11 is 2.79. The minimum absolute atomic E-state index is 0.101. The first-order chi connectivity index (χ1) is 16.4. The zero-order valence-electron chi connectivity index (χ0n) is 18.6. The van der Waals surface area contributed by atoms with Gasteiger partial charge in [-0.1, -0.05) is 36.4 Å². The minimum Gasteiger partial charge on any atom is -0.319 e. The predicted molar refractivity (Wildman–Crippen MR) is 131 cm³/mol. The average molecular weight is 494 g/mol. The molecule has 2 aromatic heterocycles. The van der Waals surface area contributed by atoms with Crippen molar-refractivity contribution in [2.45, 2.75) is 38.1 Å². The lowest BCUT2D eigenvalue weighted by Gasteiger charge is -2.22. The van der Waals surface area contributed by atoms with E-state index in [1.807, 2.05) is 17.5 Å². The molecule has 1 aliphatic heterocycles. The maximum Gasteiger partial charge on any atom is 0.325 e. The summed E-state index contributed by atoms with van der Waals surface area (Å²) in [6.07, 6.45) is 3.73. The van der Waals surface area contributed by atoms with Gasteiger partial charge in [-0.2, -0.15) is 0 Å². The van der Waals surface area contributed by atoms with E-state index in [4.69, 9.17) is 0 Å². The topological polar surface area (TPSA) is 95.6 Å². The Morgan fingerprint density at radius 2 is 1.85 bits per heavy atom. The van der Waals surface area contributed by atoms with Crippen LogP contribution in [0.15, 0.2) is 47.8 Å². The molecule has 0 radical (unpaired) electrons. The number of amides is 4. The van der Waals surface area contributed by atoms with Gasteiger partial charge in [-0.25, -0.2) is 4.79 Å². The summed E-state index contributed by atoms with van der Waals surface area (Å²) in [4.78, 5) is 54.7. The van der Waals surface area contributed by atoms with Crippen LogP contribution in [-0.2, 0) is 28.0 Å². The molecule has 1 saturated heterocycles. The van der Waals surface area contributed by atoms with E-state index >= 15 is 0 Å². The zero-order chi connectivity index (χ0) is 23.9. The van der Waals surface area contributed by atoms with Crippen molar-refractivity contribution in [3.8, 4) is 0 Å². The van der Waals surface area contributed by atoms with E-state index < -0.39 is 29.9 Å². The minimum atomic E-state index is -1.24. The van der Waals surface area contributed by atoms with Gasteiger partial charge in [-0.15, -0.1) is 22.7 Å². The molecule has 0 spiro atoms. The molecular weight excluding hydrogens is 470 g/mol. The van der Waals surface area contributed by atoms with Crippen molar-refractivity contribution in [3.05, 3.63) is 74.3 Å². The third kappa shape index (κ3) is 3.84. The van der Waals surface area contributed by atoms with Gasteiger partial charge < -0.3 is 10.6 Å². The molecule has 9 heteroatoms. The highest BCUT2D eigenvalue weighted by atomic mass is 32.1. The van der Waals surface area contributed by atoms with Gasteiger partial charge >= 0.3 is 6.03 Å². The Morgan fingerprint density at radius 3 is 2.59 bits per heavy atom. The fourth-order valence-corrected chi connectivity index (χ4v) is 6.52. The molecule has 4 amide bonds. The number of thiophene rings is 2. The highest BCUT2D eigenvalue weighted by Gasteiger charge is 2.49. The van der Waals surface area contributed by atoms with Crippen LogP contribution in [0.2, 0.25) is 0 Å². The average Bonchev–Trinajstić information content (AvgIpc) is 3.54. The summed E-state index contributed by atoms with van der Waals surface area (Å²) in [6.45, 7) is 1.20. The molecule has 2 aliphatic rings. The van der Waals surface area contributed by atoms with Gasteiger partial charge in [-0.3, -0.25) is 19.3 Å². The molecule has 2 N–H and O–H groups in total. The van der Waals surface area contributed by atoms with E-state index in [1.165, 1.54) is 22.7 Å². The van der Waals surface area contributed by atoms with Crippen LogP contribution in [-0.4, -0.2) is 35.1 Å². The van der Waals surface area contributed by atoms with Crippen molar-refractivity contribution in [1.29, 1.82) is 0 Å². The van der Waals surface area contributed by atoms with Crippen molar-refractivity contribution >= 4 is 51.3 Å². The molecule has 7 nitrogen and oxygen atoms in total. The van der Waals surface area contributed by atoms with Gasteiger partial charge in [0, 0.05) is 4.88 Å². The number of anilines is 1. The Balaban J connectivity index is 1.38. The van der Waals surface area contributed by atoms with E-state index in [0.717, 1.165) is 41.0 Å². The van der Waals surface area contributed by atoms with Crippen LogP contribution in [0, 0.1) is 0 Å². The smallest absolute Gasteiger partial charge is 0.319 e. The third-order valence-corrected chi connectivity index (χ3v) is 8.40. The first-order valence-electron chi connectivity index (χ1n) is 11.1. The number of urea groups is 1. The number of aryl methyl sites for hydroxylation is 1. The Bertz CT molecular complexity index is 1280. The van der Waals surface area contributed by atoms with Crippen LogP contribution in [0.1, 0.15) is 51.0 Å². The summed E-state index contributed by atoms with van der Waals surface area (Å²) in [6, 6.07) is 11.9. The number of hydrogen-bond donors (Lipinski definition) is 2. The molecular formula is C25H23N3O4S2. The number of carbonyl (C=O) groups is 4. The molecule has 0 bridgehead atoms. The second-order valence-electron chi connectivity index (χ2n) is 8.58. The van der Waals surface area contributed by atoms with Crippen LogP contribution in [0.3, 0.4) is 0 Å². The van der Waals surface area contributed by atoms with Crippen molar-refractivity contribution in [3.63, 3.8) is 0 Å². The molecule has 34 heavy (non-hydrogen) atoms. The Hall–Kier alpha value is -3.30. The van der Waals surface area contributed by atoms with Gasteiger partial charge in [0.15, 0.2) is 0 Å². The zero-order valence-corrected chi connectivity index (χ0v) is 20.2. The standard InChI is InChI=1S/C25H23N3O4S2/c1-25(15-8-3-2-4-9-15)23(31)28(24(32)27-25)14-19(29)26-22-20(21(30)18-12-7-13-33-18)16-10-5-6-11-17(16)34-22/h2-4,7-9,12-13H,5-6,10-11,14H2,1H3,(H,26,29)(H,27,32). The molecule has 1 aliphatic carbocycles. The number of rotatable bonds is 6. The van der Waals surface area contributed by atoms with Crippen molar-refractivity contribution in [1.82, 2.24) is 10.2 Å². The van der Waals surface area contributed by atoms with Crippen molar-refractivity contribution < 1.29 is 19.2 Å². The Labute approximate surface area is 204 Å². The maximum atomic E-state index is 13.3. The van der Waals surface area contributed by atoms with Crippen molar-refractivity contribution in [2.75, 3.05) is 11.9 Å². The highest BCUT2D eigenvalue weighted by molar-refractivity contribution is 7.17. The van der Waals surface area contributed by atoms with Gasteiger partial charge in [0.25, 0.3) is 5.91 Å². The summed E-state index contributed by atoms with van der Waals surface area (Å²) in [7, 11) is 0. The molecule has 3 heterocycles. The van der Waals surface area contributed by atoms with E-state index in [0.29, 0.717) is 21.0 Å². The number of ketones is 1. The fourth-order valence-electron chi connectivity index (χ4n) is 4.54. The van der Waals surface area contributed by atoms with Gasteiger partial charge in [0.05, 0.1) is 10.4 Å². The van der Waals surface area contributed by atoms with Crippen LogP contribution >= 0.6 is 22.7 Å². The number of benzene rings is 1. The molecule has 174 valence electrons. The molecule has 0 saturated carbocycles. The van der Waals surface area contributed by atoms with Gasteiger partial charge in [-0.05, 0) is 55.2 Å². The Morgan fingerprint density at radius 1 is 1.09 bits per heavy atom. The van der Waals surface area contributed by atoms with Gasteiger partial charge in [0.1, 0.15) is 17.1 Å². The lowest BCUT2D eigenvalue weighted by molar-refractivity contribution is -0.133. The summed E-state index contributed by atoms with van der Waals surface area (Å²) in [5, 5.41) is 7.89. The number of imide groups is 1. The maximum absolute atomic E-state index is 13.3. The van der Waals surface area contributed by atoms with Crippen LogP contribution in [0.5, 0.6) is 0 Å². The second-order valence-corrected chi connectivity index (χ2v) is 10.6. The first kappa shape index (κ1) is 22.5. The number of carbonyl (C=O) groups excluding carboxylic acids is 4. The lowest BCUT2D eigenvalue weighted by atomic mass is 9.92. The molecule has 3 aromatic rings. The van der Waals surface area contributed by atoms with Crippen LogP contribution in [0.25, 0.3) is 0 Å². The lowest BCUT2D eigenvalue weighted by Crippen LogP contribution is -2.42. The predicted octanol–water partition coefficient (Wildman–Crippen LogP) is 4.33. The second kappa shape index (κ2) is 8.81. The first-order valence-corrected chi connectivity index (χ1v) is 12.8. The molecule has 1 fully saturated rings. The normalized spacial score (nSPS) is 19.6. The molecule has 1 atom stereocenters. The highest BCUT2D eigenvalue weighted by Crippen LogP contribution is 2.40. The SMILES string of the molecule is CC1(c2ccccc2)NC(=O)N(CC(=O)Nc2sc3c(c2C(=O)c2cccs2)CCCC3)C1=O. The van der Waals surface area contributed by atoms with E-state index in [9.17, 15) is 19.2 Å².